The van der Waals surface area contributed by atoms with Gasteiger partial charge in [0, 0.05) is 30.5 Å². The van der Waals surface area contributed by atoms with Crippen molar-refractivity contribution >= 4 is 45.4 Å². The first-order valence-electron chi connectivity index (χ1n) is 12.2. The number of hydrogen-bond donors (Lipinski definition) is 3. The Bertz CT molecular complexity index is 1340. The summed E-state index contributed by atoms with van der Waals surface area (Å²) in [7, 11) is 0. The molecule has 35 heavy (non-hydrogen) atoms. The molecule has 0 bridgehead atoms. The highest BCUT2D eigenvalue weighted by Crippen LogP contribution is 2.31. The number of unbranched alkanes of at least 4 members (excludes halogenated alkanes) is 2. The number of anilines is 2. The van der Waals surface area contributed by atoms with Crippen molar-refractivity contribution in [3.63, 3.8) is 0 Å². The van der Waals surface area contributed by atoms with Crippen molar-refractivity contribution in [1.29, 1.82) is 0 Å². The van der Waals surface area contributed by atoms with Crippen LogP contribution in [0.3, 0.4) is 0 Å². The molecule has 2 amide bonds. The van der Waals surface area contributed by atoms with Crippen molar-refractivity contribution in [3.8, 4) is 0 Å². The second-order valence-electron chi connectivity index (χ2n) is 8.67. The largest absolute Gasteiger partial charge is 0.465 e. The van der Waals surface area contributed by atoms with E-state index in [1.165, 1.54) is 0 Å². The second-order valence-corrected chi connectivity index (χ2v) is 8.67. The molecule has 0 fully saturated rings. The van der Waals surface area contributed by atoms with Crippen LogP contribution in [-0.2, 0) is 17.8 Å². The van der Waals surface area contributed by atoms with Crippen LogP contribution in [0.5, 0.6) is 0 Å². The Kier molecular flexibility index (Phi) is 7.60. The average Bonchev–Trinajstić information content (AvgIpc) is 3.21. The van der Waals surface area contributed by atoms with E-state index < -0.39 is 6.09 Å². The highest BCUT2D eigenvalue weighted by Gasteiger charge is 2.19. The Labute approximate surface area is 204 Å². The molecule has 8 nitrogen and oxygen atoms in total. The number of carboxylic acid groups (broad SMARTS) is 1. The number of imidazole rings is 1. The highest BCUT2D eigenvalue weighted by atomic mass is 16.4. The number of hydrogen-bond acceptors (Lipinski definition) is 4. The first-order chi connectivity index (χ1) is 17.0. The van der Waals surface area contributed by atoms with E-state index in [4.69, 9.17) is 4.98 Å². The van der Waals surface area contributed by atoms with Crippen LogP contribution in [0.4, 0.5) is 16.3 Å². The Hall–Kier alpha value is -3.94. The summed E-state index contributed by atoms with van der Waals surface area (Å²) in [5, 5.41) is 15.7. The van der Waals surface area contributed by atoms with Crippen molar-refractivity contribution in [1.82, 2.24) is 14.5 Å². The molecule has 4 rings (SSSR count). The maximum atomic E-state index is 12.1. The summed E-state index contributed by atoms with van der Waals surface area (Å²) in [4.78, 5) is 32.9. The van der Waals surface area contributed by atoms with Gasteiger partial charge in [0.2, 0.25) is 5.91 Å². The predicted octanol–water partition coefficient (Wildman–Crippen LogP) is 6.19. The standard InChI is InChI=1S/C27H31N5O3/c1-3-5-11-22-30-24-25(20-9-7-8-10-21(20)29-26(24)31-27(34)35)32(22)17-18-13-15-19(16-14-18)28-23(33)12-6-4-2/h7-10,13-16H,3-6,11-12,17H2,1-2H3,(H,28,33)(H,29,31)(H,34,35). The van der Waals surface area contributed by atoms with E-state index >= 15 is 0 Å². The third-order valence-electron chi connectivity index (χ3n) is 5.98. The van der Waals surface area contributed by atoms with E-state index in [0.29, 0.717) is 24.0 Å². The molecule has 2 aromatic carbocycles. The van der Waals surface area contributed by atoms with Crippen molar-refractivity contribution in [2.45, 2.75) is 58.9 Å². The van der Waals surface area contributed by atoms with Gasteiger partial charge in [-0.1, -0.05) is 57.0 Å². The van der Waals surface area contributed by atoms with Gasteiger partial charge < -0.3 is 15.0 Å². The molecule has 0 unspecified atom stereocenters. The lowest BCUT2D eigenvalue weighted by Crippen LogP contribution is -2.11. The molecular formula is C27H31N5O3. The van der Waals surface area contributed by atoms with Crippen molar-refractivity contribution in [2.24, 2.45) is 0 Å². The number of carbonyl (C=O) groups excluding carboxylic acids is 1. The molecule has 8 heteroatoms. The van der Waals surface area contributed by atoms with Gasteiger partial charge in [0.15, 0.2) is 5.82 Å². The fraction of sp³-hybridized carbons (Fsp3) is 0.333. The molecule has 3 N–H and O–H groups in total. The average molecular weight is 474 g/mol. The topological polar surface area (TPSA) is 109 Å². The minimum Gasteiger partial charge on any atom is -0.465 e. The molecule has 0 aliphatic heterocycles. The number of nitrogens with one attached hydrogen (secondary N) is 2. The molecule has 0 atom stereocenters. The van der Waals surface area contributed by atoms with Crippen LogP contribution in [0, 0.1) is 0 Å². The number of amides is 2. The van der Waals surface area contributed by atoms with Gasteiger partial charge in [-0.2, -0.15) is 0 Å². The number of para-hydroxylation sites is 1. The Morgan fingerprint density at radius 2 is 1.69 bits per heavy atom. The normalized spacial score (nSPS) is 11.1. The SMILES string of the molecule is CCCCC(=O)Nc1ccc(Cn2c(CCCC)nc3c(NC(=O)O)nc4ccccc4c32)cc1. The lowest BCUT2D eigenvalue weighted by atomic mass is 10.1. The number of pyridine rings is 1. The van der Waals surface area contributed by atoms with Gasteiger partial charge in [-0.05, 0) is 36.6 Å². The molecule has 0 aliphatic rings. The number of rotatable bonds is 10. The summed E-state index contributed by atoms with van der Waals surface area (Å²) in [5.41, 5.74) is 3.96. The van der Waals surface area contributed by atoms with Crippen LogP contribution in [0.2, 0.25) is 0 Å². The molecule has 4 aromatic rings. The summed E-state index contributed by atoms with van der Waals surface area (Å²) >= 11 is 0. The van der Waals surface area contributed by atoms with Gasteiger partial charge in [-0.3, -0.25) is 10.1 Å². The van der Waals surface area contributed by atoms with E-state index in [2.05, 4.69) is 34.0 Å². The van der Waals surface area contributed by atoms with E-state index in [1.54, 1.807) is 0 Å². The zero-order chi connectivity index (χ0) is 24.8. The van der Waals surface area contributed by atoms with Crippen LogP contribution >= 0.6 is 0 Å². The predicted molar refractivity (Wildman–Crippen MR) is 139 cm³/mol. The molecule has 182 valence electrons. The molecule has 2 heterocycles. The van der Waals surface area contributed by atoms with Gasteiger partial charge in [0.05, 0.1) is 11.0 Å². The lowest BCUT2D eigenvalue weighted by Gasteiger charge is -2.12. The number of fused-ring (bicyclic) bond motifs is 3. The summed E-state index contributed by atoms with van der Waals surface area (Å²) in [5.74, 6) is 1.16. The molecule has 0 saturated heterocycles. The van der Waals surface area contributed by atoms with Crippen LogP contribution in [0.1, 0.15) is 57.3 Å². The Balaban J connectivity index is 1.75. The second kappa shape index (κ2) is 11.0. The lowest BCUT2D eigenvalue weighted by molar-refractivity contribution is -0.116. The van der Waals surface area contributed by atoms with E-state index in [1.807, 2.05) is 48.5 Å². The Morgan fingerprint density at radius 1 is 0.943 bits per heavy atom. The van der Waals surface area contributed by atoms with Crippen molar-refractivity contribution < 1.29 is 14.7 Å². The number of carbonyl (C=O) groups is 2. The van der Waals surface area contributed by atoms with Gasteiger partial charge >= 0.3 is 6.09 Å². The maximum absolute atomic E-state index is 12.1. The molecule has 0 spiro atoms. The van der Waals surface area contributed by atoms with Crippen LogP contribution in [0.15, 0.2) is 48.5 Å². The third kappa shape index (κ3) is 5.59. The van der Waals surface area contributed by atoms with E-state index in [9.17, 15) is 14.7 Å². The molecule has 0 aliphatic carbocycles. The maximum Gasteiger partial charge on any atom is 0.410 e. The van der Waals surface area contributed by atoms with Crippen LogP contribution in [0.25, 0.3) is 21.9 Å². The number of nitrogens with zero attached hydrogens (tertiary/aromatic N) is 3. The zero-order valence-corrected chi connectivity index (χ0v) is 20.2. The number of benzene rings is 2. The molecule has 2 aromatic heterocycles. The van der Waals surface area contributed by atoms with E-state index in [0.717, 1.165) is 60.1 Å². The van der Waals surface area contributed by atoms with Crippen molar-refractivity contribution in [3.05, 3.63) is 59.9 Å². The highest BCUT2D eigenvalue weighted by molar-refractivity contribution is 6.08. The number of aromatic nitrogens is 3. The first-order valence-corrected chi connectivity index (χ1v) is 12.2. The van der Waals surface area contributed by atoms with Gasteiger partial charge in [-0.15, -0.1) is 0 Å². The summed E-state index contributed by atoms with van der Waals surface area (Å²) < 4.78 is 2.16. The first kappa shape index (κ1) is 24.2. The van der Waals surface area contributed by atoms with Gasteiger partial charge in [-0.25, -0.2) is 14.8 Å². The molecular weight excluding hydrogens is 442 g/mol. The molecule has 0 saturated carbocycles. The monoisotopic (exact) mass is 473 g/mol. The smallest absolute Gasteiger partial charge is 0.410 e. The minimum atomic E-state index is -1.17. The van der Waals surface area contributed by atoms with Crippen LogP contribution in [-0.4, -0.2) is 31.6 Å². The fourth-order valence-electron chi connectivity index (χ4n) is 4.20. The van der Waals surface area contributed by atoms with Crippen molar-refractivity contribution in [2.75, 3.05) is 10.6 Å². The van der Waals surface area contributed by atoms with E-state index in [-0.39, 0.29) is 11.7 Å². The summed E-state index contributed by atoms with van der Waals surface area (Å²) in [6, 6.07) is 15.6. The summed E-state index contributed by atoms with van der Waals surface area (Å²) in [6.07, 6.45) is 3.98. The third-order valence-corrected chi connectivity index (χ3v) is 5.98. The zero-order valence-electron chi connectivity index (χ0n) is 20.2. The van der Waals surface area contributed by atoms with Gasteiger partial charge in [0.25, 0.3) is 0 Å². The quantitative estimate of drug-likeness (QED) is 0.254. The number of aryl methyl sites for hydroxylation is 1. The molecule has 0 radical (unpaired) electrons. The van der Waals surface area contributed by atoms with Gasteiger partial charge in [0.1, 0.15) is 11.3 Å². The summed E-state index contributed by atoms with van der Waals surface area (Å²) in [6.45, 7) is 4.77. The fourth-order valence-corrected chi connectivity index (χ4v) is 4.20. The minimum absolute atomic E-state index is 0.0273. The Morgan fingerprint density at radius 3 is 2.40 bits per heavy atom. The van der Waals surface area contributed by atoms with Crippen LogP contribution < -0.4 is 10.6 Å².